The fraction of sp³-hybridized carbons (Fsp3) is 0.345. The normalized spacial score (nSPS) is 15.3. The highest BCUT2D eigenvalue weighted by Crippen LogP contribution is 2.40. The number of carbonyl (C=O) groups excluding carboxylic acids is 1. The molecule has 0 bridgehead atoms. The predicted octanol–water partition coefficient (Wildman–Crippen LogP) is 4.45. The lowest BCUT2D eigenvalue weighted by Gasteiger charge is -2.36. The molecule has 0 spiro atoms. The van der Waals surface area contributed by atoms with Crippen LogP contribution in [0, 0.1) is 6.92 Å². The van der Waals surface area contributed by atoms with E-state index in [1.807, 2.05) is 31.2 Å². The highest BCUT2D eigenvalue weighted by Gasteiger charge is 2.38. The van der Waals surface area contributed by atoms with E-state index in [2.05, 4.69) is 26.1 Å². The van der Waals surface area contributed by atoms with Gasteiger partial charge in [0.1, 0.15) is 23.9 Å². The first-order valence-electron chi connectivity index (χ1n) is 12.4. The van der Waals surface area contributed by atoms with Gasteiger partial charge in [0.15, 0.2) is 6.10 Å². The van der Waals surface area contributed by atoms with Gasteiger partial charge in [-0.3, -0.25) is 9.10 Å². The van der Waals surface area contributed by atoms with E-state index in [0.29, 0.717) is 22.9 Å². The number of fused-ring (bicyclic) bond motifs is 1. The molecule has 3 aromatic carbocycles. The maximum absolute atomic E-state index is 13.8. The van der Waals surface area contributed by atoms with Gasteiger partial charge in [-0.15, -0.1) is 0 Å². The molecule has 0 aliphatic carbocycles. The third-order valence-corrected chi connectivity index (χ3v) is 8.10. The monoisotopic (exact) mass is 538 g/mol. The van der Waals surface area contributed by atoms with Gasteiger partial charge in [-0.2, -0.15) is 0 Å². The largest absolute Gasteiger partial charge is 0.497 e. The van der Waals surface area contributed by atoms with Crippen LogP contribution in [-0.4, -0.2) is 47.2 Å². The molecule has 9 heteroatoms. The number of nitrogens with one attached hydrogen (secondary N) is 1. The Hall–Kier alpha value is -3.72. The van der Waals surface area contributed by atoms with Crippen LogP contribution >= 0.6 is 0 Å². The van der Waals surface area contributed by atoms with E-state index >= 15 is 0 Å². The van der Waals surface area contributed by atoms with Gasteiger partial charge in [0.2, 0.25) is 0 Å². The average Bonchev–Trinajstić information content (AvgIpc) is 2.89. The van der Waals surface area contributed by atoms with Gasteiger partial charge < -0.3 is 19.5 Å². The van der Waals surface area contributed by atoms with Crippen molar-refractivity contribution >= 4 is 21.6 Å². The number of nitrogens with zero attached hydrogens (tertiary/aromatic N) is 1. The molecule has 1 amide bonds. The van der Waals surface area contributed by atoms with E-state index < -0.39 is 22.0 Å². The summed E-state index contributed by atoms with van der Waals surface area (Å²) in [6.07, 6.45) is -1.03. The van der Waals surface area contributed by atoms with Crippen molar-refractivity contribution in [2.45, 2.75) is 44.1 Å². The molecule has 8 nitrogen and oxygen atoms in total. The molecule has 1 unspecified atom stereocenters. The SMILES string of the molecule is COc1cccc(OCCNC(=O)C2CN(S(=O)(=O)c3ccc(C)cc3)c3cc(C(C)(C)C)ccc3O2)c1. The molecule has 1 atom stereocenters. The number of aryl methyl sites for hydroxylation is 1. The molecule has 0 saturated heterocycles. The van der Waals surface area contributed by atoms with Crippen LogP contribution in [0.2, 0.25) is 0 Å². The van der Waals surface area contributed by atoms with Crippen molar-refractivity contribution in [3.05, 3.63) is 77.9 Å². The number of rotatable bonds is 8. The maximum Gasteiger partial charge on any atom is 0.264 e. The van der Waals surface area contributed by atoms with Crippen molar-refractivity contribution in [3.8, 4) is 17.2 Å². The van der Waals surface area contributed by atoms with E-state index in [1.54, 1.807) is 49.6 Å². The van der Waals surface area contributed by atoms with Crippen LogP contribution in [0.1, 0.15) is 31.9 Å². The number of carbonyl (C=O) groups is 1. The molecule has 1 heterocycles. The van der Waals surface area contributed by atoms with Crippen LogP contribution in [0.4, 0.5) is 5.69 Å². The lowest BCUT2D eigenvalue weighted by atomic mass is 9.86. The van der Waals surface area contributed by atoms with Crippen LogP contribution in [-0.2, 0) is 20.2 Å². The molecule has 1 aliphatic rings. The summed E-state index contributed by atoms with van der Waals surface area (Å²) in [4.78, 5) is 13.2. The summed E-state index contributed by atoms with van der Waals surface area (Å²) in [5.41, 5.74) is 2.13. The molecule has 1 aliphatic heterocycles. The van der Waals surface area contributed by atoms with Crippen molar-refractivity contribution in [1.29, 1.82) is 0 Å². The van der Waals surface area contributed by atoms with Crippen LogP contribution in [0.15, 0.2) is 71.6 Å². The number of methoxy groups -OCH3 is 1. The summed E-state index contributed by atoms with van der Waals surface area (Å²) < 4.78 is 45.7. The molecule has 202 valence electrons. The quantitative estimate of drug-likeness (QED) is 0.426. The minimum Gasteiger partial charge on any atom is -0.497 e. The van der Waals surface area contributed by atoms with Gasteiger partial charge in [-0.1, -0.05) is 50.6 Å². The van der Waals surface area contributed by atoms with E-state index in [4.69, 9.17) is 14.2 Å². The molecule has 0 radical (unpaired) electrons. The van der Waals surface area contributed by atoms with Gasteiger partial charge >= 0.3 is 0 Å². The second-order valence-electron chi connectivity index (χ2n) is 10.2. The summed E-state index contributed by atoms with van der Waals surface area (Å²) in [6, 6.07) is 19.3. The smallest absolute Gasteiger partial charge is 0.264 e. The van der Waals surface area contributed by atoms with Gasteiger partial charge in [0.25, 0.3) is 15.9 Å². The van der Waals surface area contributed by atoms with Crippen molar-refractivity contribution in [3.63, 3.8) is 0 Å². The fourth-order valence-electron chi connectivity index (χ4n) is 4.07. The number of amides is 1. The topological polar surface area (TPSA) is 94.2 Å². The number of hydrogen-bond acceptors (Lipinski definition) is 6. The minimum atomic E-state index is -3.95. The second kappa shape index (κ2) is 10.9. The molecule has 0 fully saturated rings. The highest BCUT2D eigenvalue weighted by atomic mass is 32.2. The Morgan fingerprint density at radius 3 is 2.45 bits per heavy atom. The summed E-state index contributed by atoms with van der Waals surface area (Å²) in [6.45, 7) is 8.36. The van der Waals surface area contributed by atoms with Crippen molar-refractivity contribution in [2.24, 2.45) is 0 Å². The third kappa shape index (κ3) is 6.05. The number of hydrogen-bond donors (Lipinski definition) is 1. The standard InChI is InChI=1S/C29H34N2O6S/c1-20-9-12-24(13-10-20)38(33,34)31-19-27(37-26-14-11-21(17-25(26)31)29(2,3)4)28(32)30-15-16-36-23-8-6-7-22(18-23)35-5/h6-14,17-18,27H,15-16,19H2,1-5H3,(H,30,32). The summed E-state index contributed by atoms with van der Waals surface area (Å²) in [5, 5.41) is 2.80. The minimum absolute atomic E-state index is 0.153. The van der Waals surface area contributed by atoms with Crippen LogP contribution in [0.5, 0.6) is 17.2 Å². The van der Waals surface area contributed by atoms with Gasteiger partial charge in [-0.05, 0) is 54.3 Å². The van der Waals surface area contributed by atoms with Gasteiger partial charge in [0.05, 0.1) is 30.8 Å². The van der Waals surface area contributed by atoms with Gasteiger partial charge in [0, 0.05) is 6.07 Å². The Morgan fingerprint density at radius 1 is 1.05 bits per heavy atom. The number of benzene rings is 3. The average molecular weight is 539 g/mol. The molecular formula is C29H34N2O6S. The van der Waals surface area contributed by atoms with Crippen LogP contribution in [0.3, 0.4) is 0 Å². The van der Waals surface area contributed by atoms with Crippen molar-refractivity contribution in [2.75, 3.05) is 31.1 Å². The van der Waals surface area contributed by atoms with Crippen LogP contribution in [0.25, 0.3) is 0 Å². The second-order valence-corrected chi connectivity index (χ2v) is 12.1. The highest BCUT2D eigenvalue weighted by molar-refractivity contribution is 7.92. The molecule has 1 N–H and O–H groups in total. The Kier molecular flexibility index (Phi) is 7.87. The van der Waals surface area contributed by atoms with E-state index in [9.17, 15) is 13.2 Å². The summed E-state index contributed by atoms with van der Waals surface area (Å²) in [7, 11) is -2.37. The third-order valence-electron chi connectivity index (χ3n) is 6.31. The first kappa shape index (κ1) is 27.3. The van der Waals surface area contributed by atoms with Gasteiger partial charge in [-0.25, -0.2) is 8.42 Å². The molecule has 0 saturated carbocycles. The van der Waals surface area contributed by atoms with Crippen molar-refractivity contribution in [1.82, 2.24) is 5.32 Å². The number of ether oxygens (including phenoxy) is 3. The molecule has 38 heavy (non-hydrogen) atoms. The zero-order valence-electron chi connectivity index (χ0n) is 22.4. The maximum atomic E-state index is 13.8. The van der Waals surface area contributed by atoms with Crippen LogP contribution < -0.4 is 23.8 Å². The predicted molar refractivity (Wildman–Crippen MR) is 147 cm³/mol. The lowest BCUT2D eigenvalue weighted by molar-refractivity contribution is -0.127. The van der Waals surface area contributed by atoms with Crippen molar-refractivity contribution < 1.29 is 27.4 Å². The van der Waals surface area contributed by atoms with E-state index in [-0.39, 0.29) is 30.0 Å². The first-order valence-corrected chi connectivity index (χ1v) is 13.9. The zero-order chi connectivity index (χ0) is 27.5. The summed E-state index contributed by atoms with van der Waals surface area (Å²) >= 11 is 0. The molecule has 3 aromatic rings. The number of sulfonamides is 1. The van der Waals surface area contributed by atoms with E-state index in [1.165, 1.54) is 4.31 Å². The molecular weight excluding hydrogens is 504 g/mol. The molecule has 4 rings (SSSR count). The zero-order valence-corrected chi connectivity index (χ0v) is 23.2. The summed E-state index contributed by atoms with van der Waals surface area (Å²) in [5.74, 6) is 1.21. The number of anilines is 1. The van der Waals surface area contributed by atoms with E-state index in [0.717, 1.165) is 11.1 Å². The molecule has 0 aromatic heterocycles. The fourth-order valence-corrected chi connectivity index (χ4v) is 5.54. The lowest BCUT2D eigenvalue weighted by Crippen LogP contribution is -2.51. The first-order chi connectivity index (χ1) is 18.0. The Morgan fingerprint density at radius 2 is 1.76 bits per heavy atom. The Bertz CT molecular complexity index is 1400. The Balaban J connectivity index is 1.54. The Labute approximate surface area is 224 Å².